The van der Waals surface area contributed by atoms with Crippen molar-refractivity contribution in [1.82, 2.24) is 13.9 Å². The Morgan fingerprint density at radius 1 is 1.09 bits per heavy atom. The number of fused-ring (bicyclic) bond motifs is 1. The number of hydrogen-bond acceptors (Lipinski definition) is 6. The number of benzene rings is 2. The molecule has 0 spiro atoms. The first kappa shape index (κ1) is 23.9. The molecule has 9 nitrogen and oxygen atoms in total. The molecule has 4 rings (SSSR count). The van der Waals surface area contributed by atoms with Crippen molar-refractivity contribution in [3.05, 3.63) is 59.1 Å². The molecule has 2 heterocycles. The van der Waals surface area contributed by atoms with Gasteiger partial charge in [0.1, 0.15) is 6.54 Å². The zero-order chi connectivity index (χ0) is 24.3. The number of anilines is 2. The molecule has 1 amide bonds. The van der Waals surface area contributed by atoms with E-state index in [-0.39, 0.29) is 17.0 Å². The quantitative estimate of drug-likeness (QED) is 0.528. The van der Waals surface area contributed by atoms with Crippen LogP contribution in [0.25, 0.3) is 10.9 Å². The van der Waals surface area contributed by atoms with Crippen molar-refractivity contribution < 1.29 is 13.2 Å². The summed E-state index contributed by atoms with van der Waals surface area (Å²) >= 11 is 0. The van der Waals surface area contributed by atoms with Crippen LogP contribution in [0.5, 0.6) is 0 Å². The van der Waals surface area contributed by atoms with E-state index in [9.17, 15) is 18.0 Å². The first-order chi connectivity index (χ1) is 16.3. The number of carbonyl (C=O) groups is 1. The van der Waals surface area contributed by atoms with Crippen LogP contribution in [-0.4, -0.2) is 54.4 Å². The van der Waals surface area contributed by atoms with Crippen molar-refractivity contribution in [2.75, 3.05) is 36.4 Å². The second-order valence-corrected chi connectivity index (χ2v) is 10.1. The first-order valence-electron chi connectivity index (χ1n) is 11.5. The minimum Gasteiger partial charge on any atom is -0.370 e. The highest BCUT2D eigenvalue weighted by Gasteiger charge is 2.25. The molecule has 0 radical (unpaired) electrons. The van der Waals surface area contributed by atoms with Gasteiger partial charge in [-0.15, -0.1) is 0 Å². The van der Waals surface area contributed by atoms with E-state index in [2.05, 4.69) is 15.2 Å². The predicted molar refractivity (Wildman–Crippen MR) is 133 cm³/mol. The number of amides is 1. The number of sulfonamides is 1. The van der Waals surface area contributed by atoms with Crippen LogP contribution < -0.4 is 15.8 Å². The highest BCUT2D eigenvalue weighted by molar-refractivity contribution is 7.89. The molecule has 0 bridgehead atoms. The normalized spacial score (nSPS) is 14.1. The molecular weight excluding hydrogens is 454 g/mol. The average molecular weight is 484 g/mol. The molecule has 3 aromatic rings. The van der Waals surface area contributed by atoms with Gasteiger partial charge in [0, 0.05) is 26.2 Å². The number of para-hydroxylation sites is 1. The van der Waals surface area contributed by atoms with E-state index in [1.165, 1.54) is 21.3 Å². The van der Waals surface area contributed by atoms with Crippen LogP contribution in [0.1, 0.15) is 26.7 Å². The van der Waals surface area contributed by atoms with E-state index >= 15 is 0 Å². The third-order valence-corrected chi connectivity index (χ3v) is 8.12. The molecule has 180 valence electrons. The molecule has 1 saturated heterocycles. The number of hydrogen-bond donors (Lipinski definition) is 1. The molecule has 0 unspecified atom stereocenters. The van der Waals surface area contributed by atoms with Crippen LogP contribution in [0.15, 0.2) is 58.5 Å². The monoisotopic (exact) mass is 483 g/mol. The fourth-order valence-corrected chi connectivity index (χ4v) is 5.77. The maximum absolute atomic E-state index is 13.1. The van der Waals surface area contributed by atoms with E-state index in [0.717, 1.165) is 31.6 Å². The Hall–Kier alpha value is -3.24. The highest BCUT2D eigenvalue weighted by Crippen LogP contribution is 2.32. The van der Waals surface area contributed by atoms with E-state index in [1.807, 2.05) is 0 Å². The fourth-order valence-electron chi connectivity index (χ4n) is 4.29. The Balaban J connectivity index is 1.66. The van der Waals surface area contributed by atoms with E-state index in [1.54, 1.807) is 50.2 Å². The van der Waals surface area contributed by atoms with Crippen LogP contribution in [0.4, 0.5) is 11.4 Å². The standard InChI is InChI=1S/C24H29N5O4S/c1-3-29(4-2)34(32,33)18-11-12-22(27-13-7-8-14-27)21(15-18)26-23(30)16-28-17-25-20-10-6-5-9-19(20)24(28)31/h5-6,9-12,15,17H,3-4,7-8,13-14,16H2,1-2H3,(H,26,30). The van der Waals surface area contributed by atoms with Crippen LogP contribution in [-0.2, 0) is 21.4 Å². The van der Waals surface area contributed by atoms with Crippen LogP contribution in [0.3, 0.4) is 0 Å². The summed E-state index contributed by atoms with van der Waals surface area (Å²) in [7, 11) is -3.69. The molecule has 1 N–H and O–H groups in total. The number of aromatic nitrogens is 2. The largest absolute Gasteiger partial charge is 0.370 e. The van der Waals surface area contributed by atoms with Crippen molar-refractivity contribution in [1.29, 1.82) is 0 Å². The van der Waals surface area contributed by atoms with Gasteiger partial charge in [-0.2, -0.15) is 4.31 Å². The van der Waals surface area contributed by atoms with Crippen molar-refractivity contribution in [2.24, 2.45) is 0 Å². The van der Waals surface area contributed by atoms with Gasteiger partial charge in [-0.1, -0.05) is 26.0 Å². The third kappa shape index (κ3) is 4.69. The first-order valence-corrected chi connectivity index (χ1v) is 12.9. The molecule has 10 heteroatoms. The van der Waals surface area contributed by atoms with Crippen molar-refractivity contribution in [3.63, 3.8) is 0 Å². The van der Waals surface area contributed by atoms with Crippen molar-refractivity contribution in [3.8, 4) is 0 Å². The highest BCUT2D eigenvalue weighted by atomic mass is 32.2. The number of nitrogens with one attached hydrogen (secondary N) is 1. The van der Waals surface area contributed by atoms with Gasteiger partial charge in [0.15, 0.2) is 0 Å². The van der Waals surface area contributed by atoms with Gasteiger partial charge >= 0.3 is 0 Å². The fraction of sp³-hybridized carbons (Fsp3) is 0.375. The zero-order valence-electron chi connectivity index (χ0n) is 19.4. The molecule has 34 heavy (non-hydrogen) atoms. The molecule has 1 aliphatic heterocycles. The molecular formula is C24H29N5O4S. The summed E-state index contributed by atoms with van der Waals surface area (Å²) in [6, 6.07) is 11.8. The van der Waals surface area contributed by atoms with Crippen molar-refractivity contribution in [2.45, 2.75) is 38.1 Å². The summed E-state index contributed by atoms with van der Waals surface area (Å²) in [6.07, 6.45) is 3.42. The summed E-state index contributed by atoms with van der Waals surface area (Å²) < 4.78 is 28.8. The average Bonchev–Trinajstić information content (AvgIpc) is 3.36. The maximum Gasteiger partial charge on any atom is 0.261 e. The SMILES string of the molecule is CCN(CC)S(=O)(=O)c1ccc(N2CCCC2)c(NC(=O)Cn2cnc3ccccc3c2=O)c1. The van der Waals surface area contributed by atoms with Gasteiger partial charge < -0.3 is 10.2 Å². The number of nitrogens with zero attached hydrogens (tertiary/aromatic N) is 4. The molecule has 0 saturated carbocycles. The number of carbonyl (C=O) groups excluding carboxylic acids is 1. The maximum atomic E-state index is 13.1. The molecule has 0 aliphatic carbocycles. The van der Waals surface area contributed by atoms with Crippen molar-refractivity contribution >= 4 is 38.2 Å². The minimum atomic E-state index is -3.69. The van der Waals surface area contributed by atoms with Crippen LogP contribution in [0, 0.1) is 0 Å². The van der Waals surface area contributed by atoms with Gasteiger partial charge in [-0.05, 0) is 43.2 Å². The lowest BCUT2D eigenvalue weighted by Crippen LogP contribution is -2.31. The summed E-state index contributed by atoms with van der Waals surface area (Å²) in [4.78, 5) is 32.2. The van der Waals surface area contributed by atoms with Gasteiger partial charge in [0.25, 0.3) is 5.56 Å². The van der Waals surface area contributed by atoms with E-state index < -0.39 is 15.9 Å². The lowest BCUT2D eigenvalue weighted by Gasteiger charge is -2.24. The Morgan fingerprint density at radius 3 is 2.50 bits per heavy atom. The molecule has 1 fully saturated rings. The summed E-state index contributed by atoms with van der Waals surface area (Å²) in [6.45, 7) is 5.72. The second-order valence-electron chi connectivity index (χ2n) is 8.21. The molecule has 0 atom stereocenters. The van der Waals surface area contributed by atoms with Crippen LogP contribution >= 0.6 is 0 Å². The smallest absolute Gasteiger partial charge is 0.261 e. The lowest BCUT2D eigenvalue weighted by molar-refractivity contribution is -0.116. The van der Waals surface area contributed by atoms with Crippen LogP contribution in [0.2, 0.25) is 0 Å². The summed E-state index contributed by atoms with van der Waals surface area (Å²) in [5, 5.41) is 3.28. The molecule has 2 aromatic carbocycles. The lowest BCUT2D eigenvalue weighted by atomic mass is 10.2. The Morgan fingerprint density at radius 2 is 1.79 bits per heavy atom. The Bertz CT molecular complexity index is 1360. The van der Waals surface area contributed by atoms with E-state index in [0.29, 0.717) is 29.7 Å². The van der Waals surface area contributed by atoms with Gasteiger partial charge in [-0.25, -0.2) is 13.4 Å². The summed E-state index contributed by atoms with van der Waals surface area (Å²) in [5.41, 5.74) is 1.45. The summed E-state index contributed by atoms with van der Waals surface area (Å²) in [5.74, 6) is -0.433. The predicted octanol–water partition coefficient (Wildman–Crippen LogP) is 2.67. The Labute approximate surface area is 199 Å². The van der Waals surface area contributed by atoms with Gasteiger partial charge in [0.05, 0.1) is 33.5 Å². The Kier molecular flexibility index (Phi) is 6.99. The third-order valence-electron chi connectivity index (χ3n) is 6.08. The molecule has 1 aromatic heterocycles. The second kappa shape index (κ2) is 9.94. The van der Waals surface area contributed by atoms with Gasteiger partial charge in [0.2, 0.25) is 15.9 Å². The van der Waals surface area contributed by atoms with Gasteiger partial charge in [-0.3, -0.25) is 14.2 Å². The van der Waals surface area contributed by atoms with E-state index in [4.69, 9.17) is 0 Å². The zero-order valence-corrected chi connectivity index (χ0v) is 20.2. The number of rotatable bonds is 8. The minimum absolute atomic E-state index is 0.124. The molecule has 1 aliphatic rings. The topological polar surface area (TPSA) is 105 Å².